The van der Waals surface area contributed by atoms with Gasteiger partial charge in [-0.3, -0.25) is 19.3 Å². The first kappa shape index (κ1) is 28.3. The molecule has 216 valence electrons. The van der Waals surface area contributed by atoms with E-state index in [0.29, 0.717) is 65.1 Å². The standard InChI is InChI=1S/C29H43N3O7/c1-2-28-10-5-3-8-19-38-27(36)23(28)22-25(34)32(13-6-4-7-18-33)24-26(35)31(12-9-11-29(22,24)39-28)15-14-30-16-20-37-21-17-30/h5,9-11,22-24,33H,2-4,6-8,12-21H2,1H3/b10-5-/t22-,23+,24?,28-,29-/m0/s1. The van der Waals surface area contributed by atoms with Gasteiger partial charge in [0.15, 0.2) is 0 Å². The summed E-state index contributed by atoms with van der Waals surface area (Å²) >= 11 is 0. The number of likely N-dealkylation sites (tertiary alicyclic amines) is 1. The van der Waals surface area contributed by atoms with Crippen LogP contribution in [0.25, 0.3) is 0 Å². The van der Waals surface area contributed by atoms with Gasteiger partial charge in [-0.25, -0.2) is 0 Å². The second-order valence-corrected chi connectivity index (χ2v) is 11.3. The number of unbranched alkanes of at least 4 members (excludes halogenated alkanes) is 2. The Morgan fingerprint density at radius 1 is 0.949 bits per heavy atom. The zero-order valence-corrected chi connectivity index (χ0v) is 23.1. The minimum atomic E-state index is -1.25. The van der Waals surface area contributed by atoms with Gasteiger partial charge in [0.25, 0.3) is 0 Å². The number of esters is 1. The predicted octanol–water partition coefficient (Wildman–Crippen LogP) is 1.13. The summed E-state index contributed by atoms with van der Waals surface area (Å²) in [5.74, 6) is -2.45. The number of hydrogen-bond donors (Lipinski definition) is 1. The van der Waals surface area contributed by atoms with Crippen molar-refractivity contribution in [2.45, 2.75) is 62.7 Å². The van der Waals surface area contributed by atoms with Crippen LogP contribution in [-0.2, 0) is 28.6 Å². The molecule has 0 radical (unpaired) electrons. The number of aliphatic hydroxyl groups excluding tert-OH is 1. The molecule has 5 atom stereocenters. The largest absolute Gasteiger partial charge is 0.465 e. The smallest absolute Gasteiger partial charge is 0.313 e. The lowest BCUT2D eigenvalue weighted by Crippen LogP contribution is -2.57. The van der Waals surface area contributed by atoms with E-state index < -0.39 is 35.0 Å². The van der Waals surface area contributed by atoms with E-state index in [0.717, 1.165) is 32.5 Å². The summed E-state index contributed by atoms with van der Waals surface area (Å²) in [6.45, 7) is 7.46. The molecule has 1 N–H and O–H groups in total. The molecule has 0 saturated carbocycles. The Balaban J connectivity index is 1.50. The highest BCUT2D eigenvalue weighted by molar-refractivity contribution is 5.99. The van der Waals surface area contributed by atoms with Crippen LogP contribution in [0.15, 0.2) is 24.3 Å². The topological polar surface area (TPSA) is 109 Å². The molecule has 1 unspecified atom stereocenters. The van der Waals surface area contributed by atoms with E-state index in [9.17, 15) is 19.5 Å². The van der Waals surface area contributed by atoms with Crippen LogP contribution < -0.4 is 0 Å². The number of fused-ring (bicyclic) bond motifs is 2. The van der Waals surface area contributed by atoms with Gasteiger partial charge < -0.3 is 29.1 Å². The predicted molar refractivity (Wildman–Crippen MR) is 143 cm³/mol. The maximum Gasteiger partial charge on any atom is 0.313 e. The van der Waals surface area contributed by atoms with Crippen LogP contribution in [0.1, 0.15) is 45.4 Å². The summed E-state index contributed by atoms with van der Waals surface area (Å²) in [5.41, 5.74) is -2.27. The molecule has 5 aliphatic heterocycles. The molecule has 1 spiro atoms. The van der Waals surface area contributed by atoms with Crippen LogP contribution in [0.2, 0.25) is 0 Å². The molecule has 0 aromatic rings. The van der Waals surface area contributed by atoms with Crippen molar-refractivity contribution in [3.8, 4) is 0 Å². The summed E-state index contributed by atoms with van der Waals surface area (Å²) in [6.07, 6.45) is 11.8. The molecule has 5 aliphatic rings. The van der Waals surface area contributed by atoms with Crippen molar-refractivity contribution >= 4 is 17.8 Å². The molecular weight excluding hydrogens is 502 g/mol. The van der Waals surface area contributed by atoms with Gasteiger partial charge in [0, 0.05) is 45.9 Å². The zero-order chi connectivity index (χ0) is 27.5. The van der Waals surface area contributed by atoms with Crippen molar-refractivity contribution in [3.63, 3.8) is 0 Å². The van der Waals surface area contributed by atoms with Crippen molar-refractivity contribution < 1.29 is 33.7 Å². The number of hydrogen-bond acceptors (Lipinski definition) is 8. The monoisotopic (exact) mass is 545 g/mol. The van der Waals surface area contributed by atoms with E-state index in [-0.39, 0.29) is 18.4 Å². The molecule has 0 aliphatic carbocycles. The second kappa shape index (κ2) is 12.1. The lowest BCUT2D eigenvalue weighted by molar-refractivity contribution is -0.161. The first-order valence-corrected chi connectivity index (χ1v) is 14.7. The molecule has 3 saturated heterocycles. The number of allylic oxidation sites excluding steroid dienone is 1. The van der Waals surface area contributed by atoms with Crippen LogP contribution in [0, 0.1) is 11.8 Å². The van der Waals surface area contributed by atoms with E-state index in [4.69, 9.17) is 14.2 Å². The number of carbonyl (C=O) groups is 3. The lowest BCUT2D eigenvalue weighted by atomic mass is 9.73. The number of rotatable bonds is 9. The SMILES string of the molecule is CC[C@]12/C=C\CCCOC(=O)[C@H]1[C@H]1C(=O)N(CCCCCO)C3C(=O)N(CCN4CCOCC4)CC=C[C@@]31O2. The highest BCUT2D eigenvalue weighted by Crippen LogP contribution is 2.58. The van der Waals surface area contributed by atoms with Gasteiger partial charge in [0.2, 0.25) is 11.8 Å². The Morgan fingerprint density at radius 3 is 2.54 bits per heavy atom. The minimum Gasteiger partial charge on any atom is -0.465 e. The highest BCUT2D eigenvalue weighted by atomic mass is 16.6. The number of ether oxygens (including phenoxy) is 3. The molecule has 5 heterocycles. The molecular formula is C29H43N3O7. The molecule has 10 heteroatoms. The Morgan fingerprint density at radius 2 is 1.77 bits per heavy atom. The Bertz CT molecular complexity index is 980. The van der Waals surface area contributed by atoms with Gasteiger partial charge in [0.05, 0.1) is 25.7 Å². The summed E-state index contributed by atoms with van der Waals surface area (Å²) < 4.78 is 18.1. The molecule has 0 aromatic carbocycles. The summed E-state index contributed by atoms with van der Waals surface area (Å²) in [7, 11) is 0. The Labute approximate surface area is 230 Å². The highest BCUT2D eigenvalue weighted by Gasteiger charge is 2.75. The van der Waals surface area contributed by atoms with Crippen LogP contribution in [0.3, 0.4) is 0 Å². The quantitative estimate of drug-likeness (QED) is 0.261. The van der Waals surface area contributed by atoms with Crippen molar-refractivity contribution in [1.29, 1.82) is 0 Å². The van der Waals surface area contributed by atoms with E-state index in [1.165, 1.54) is 0 Å². The van der Waals surface area contributed by atoms with Gasteiger partial charge in [-0.05, 0) is 38.5 Å². The first-order valence-electron chi connectivity index (χ1n) is 14.7. The van der Waals surface area contributed by atoms with E-state index in [2.05, 4.69) is 4.90 Å². The third-order valence-corrected chi connectivity index (χ3v) is 9.06. The first-order chi connectivity index (χ1) is 19.0. The minimum absolute atomic E-state index is 0.0866. The van der Waals surface area contributed by atoms with Gasteiger partial charge in [0.1, 0.15) is 23.2 Å². The third-order valence-electron chi connectivity index (χ3n) is 9.06. The van der Waals surface area contributed by atoms with Crippen molar-refractivity contribution in [2.75, 3.05) is 65.7 Å². The summed E-state index contributed by atoms with van der Waals surface area (Å²) in [6, 6.07) is -0.854. The van der Waals surface area contributed by atoms with Crippen LogP contribution in [0.4, 0.5) is 0 Å². The molecule has 5 rings (SSSR count). The van der Waals surface area contributed by atoms with E-state index >= 15 is 0 Å². The van der Waals surface area contributed by atoms with Gasteiger partial charge in [-0.15, -0.1) is 0 Å². The van der Waals surface area contributed by atoms with Crippen LogP contribution in [0.5, 0.6) is 0 Å². The average Bonchev–Trinajstić information content (AvgIpc) is 3.32. The second-order valence-electron chi connectivity index (χ2n) is 11.3. The molecule has 3 fully saturated rings. The molecule has 2 amide bonds. The number of morpholine rings is 1. The number of cyclic esters (lactones) is 1. The number of carbonyl (C=O) groups excluding carboxylic acids is 3. The third kappa shape index (κ3) is 5.16. The lowest BCUT2D eigenvalue weighted by Gasteiger charge is -2.38. The summed E-state index contributed by atoms with van der Waals surface area (Å²) in [4.78, 5) is 48.0. The maximum atomic E-state index is 14.3. The number of nitrogens with zero attached hydrogens (tertiary/aromatic N) is 3. The molecule has 0 bridgehead atoms. The number of amides is 2. The summed E-state index contributed by atoms with van der Waals surface area (Å²) in [5, 5.41) is 9.26. The average molecular weight is 546 g/mol. The van der Waals surface area contributed by atoms with Crippen molar-refractivity contribution in [3.05, 3.63) is 24.3 Å². The van der Waals surface area contributed by atoms with Gasteiger partial charge in [-0.2, -0.15) is 0 Å². The fourth-order valence-electron chi connectivity index (χ4n) is 7.02. The normalized spacial score (nSPS) is 35.9. The molecule has 10 nitrogen and oxygen atoms in total. The maximum absolute atomic E-state index is 14.3. The van der Waals surface area contributed by atoms with Gasteiger partial charge in [-0.1, -0.05) is 31.2 Å². The Hall–Kier alpha value is -2.27. The fraction of sp³-hybridized carbons (Fsp3) is 0.759. The van der Waals surface area contributed by atoms with Crippen LogP contribution in [-0.4, -0.2) is 121 Å². The van der Waals surface area contributed by atoms with Crippen molar-refractivity contribution in [2.24, 2.45) is 11.8 Å². The molecule has 0 aromatic heterocycles. The van der Waals surface area contributed by atoms with E-state index in [1.54, 1.807) is 4.90 Å². The van der Waals surface area contributed by atoms with E-state index in [1.807, 2.05) is 36.1 Å². The molecule has 39 heavy (non-hydrogen) atoms. The zero-order valence-electron chi connectivity index (χ0n) is 23.1. The number of aliphatic hydroxyl groups is 1. The van der Waals surface area contributed by atoms with Crippen molar-refractivity contribution in [1.82, 2.24) is 14.7 Å². The van der Waals surface area contributed by atoms with Gasteiger partial charge >= 0.3 is 5.97 Å². The Kier molecular flexibility index (Phi) is 8.75. The fourth-order valence-corrected chi connectivity index (χ4v) is 7.02. The van der Waals surface area contributed by atoms with Crippen LogP contribution >= 0.6 is 0 Å².